The molecule has 5 rings (SSSR count). The Morgan fingerprint density at radius 2 is 1.52 bits per heavy atom. The van der Waals surface area contributed by atoms with Crippen LogP contribution >= 0.6 is 22.9 Å². The lowest BCUT2D eigenvalue weighted by Crippen LogP contribution is -2.26. The minimum atomic E-state index is -0.386. The summed E-state index contributed by atoms with van der Waals surface area (Å²) < 4.78 is 2.29. The Bertz CT molecular complexity index is 1490. The first-order valence-electron chi connectivity index (χ1n) is 8.93. The maximum atomic E-state index is 13.6. The normalized spacial score (nSPS) is 11.2. The fourth-order valence-electron chi connectivity index (χ4n) is 3.36. The van der Waals surface area contributed by atoms with Crippen molar-refractivity contribution in [2.75, 3.05) is 0 Å². The van der Waals surface area contributed by atoms with Crippen LogP contribution in [0.3, 0.4) is 0 Å². The zero-order chi connectivity index (χ0) is 20.0. The Hall–Kier alpha value is -3.28. The SMILES string of the molecule is O=c1c2ccccc2sc2nc(-c3ccccc3)n(-c3ccc(Cl)cc3)c(=O)c12. The van der Waals surface area contributed by atoms with Gasteiger partial charge in [-0.05, 0) is 36.4 Å². The average molecular weight is 417 g/mol. The third-order valence-electron chi connectivity index (χ3n) is 4.73. The molecule has 3 aromatic carbocycles. The van der Waals surface area contributed by atoms with Gasteiger partial charge in [0.25, 0.3) is 5.56 Å². The van der Waals surface area contributed by atoms with E-state index in [4.69, 9.17) is 16.6 Å². The van der Waals surface area contributed by atoms with Gasteiger partial charge in [0.05, 0.1) is 5.69 Å². The lowest BCUT2D eigenvalue weighted by molar-refractivity contribution is 0.977. The van der Waals surface area contributed by atoms with E-state index >= 15 is 0 Å². The van der Waals surface area contributed by atoms with Crippen molar-refractivity contribution in [1.29, 1.82) is 0 Å². The monoisotopic (exact) mass is 416 g/mol. The summed E-state index contributed by atoms with van der Waals surface area (Å²) in [5.74, 6) is 0.483. The third-order valence-corrected chi connectivity index (χ3v) is 6.05. The zero-order valence-electron chi connectivity index (χ0n) is 15.0. The summed E-state index contributed by atoms with van der Waals surface area (Å²) in [7, 11) is 0. The number of rotatable bonds is 2. The maximum absolute atomic E-state index is 13.6. The fraction of sp³-hybridized carbons (Fsp3) is 0. The van der Waals surface area contributed by atoms with E-state index in [9.17, 15) is 9.59 Å². The third kappa shape index (κ3) is 2.95. The van der Waals surface area contributed by atoms with Crippen LogP contribution < -0.4 is 11.0 Å². The number of nitrogens with zero attached hydrogens (tertiary/aromatic N) is 2. The molecule has 0 fully saturated rings. The van der Waals surface area contributed by atoms with Gasteiger partial charge in [0.15, 0.2) is 0 Å². The maximum Gasteiger partial charge on any atom is 0.271 e. The topological polar surface area (TPSA) is 52.0 Å². The number of benzene rings is 3. The van der Waals surface area contributed by atoms with Crippen LogP contribution in [0, 0.1) is 0 Å². The molecule has 0 aliphatic carbocycles. The number of aromatic nitrogens is 2. The molecule has 0 N–H and O–H groups in total. The van der Waals surface area contributed by atoms with E-state index in [1.807, 2.05) is 42.5 Å². The highest BCUT2D eigenvalue weighted by Crippen LogP contribution is 2.26. The number of halogens is 1. The molecule has 0 saturated heterocycles. The number of hydrogen-bond donors (Lipinski definition) is 0. The van der Waals surface area contributed by atoms with Crippen LogP contribution in [0.1, 0.15) is 0 Å². The van der Waals surface area contributed by atoms with Crippen LogP contribution in [0.25, 0.3) is 37.4 Å². The van der Waals surface area contributed by atoms with Crippen LogP contribution in [-0.4, -0.2) is 9.55 Å². The van der Waals surface area contributed by atoms with Gasteiger partial charge >= 0.3 is 0 Å². The van der Waals surface area contributed by atoms with E-state index in [0.717, 1.165) is 10.3 Å². The van der Waals surface area contributed by atoms with Gasteiger partial charge in [-0.2, -0.15) is 0 Å². The van der Waals surface area contributed by atoms with E-state index in [1.54, 1.807) is 36.4 Å². The molecule has 4 nitrogen and oxygen atoms in total. The Labute approximate surface area is 174 Å². The number of fused-ring (bicyclic) bond motifs is 2. The second-order valence-corrected chi connectivity index (χ2v) is 7.99. The molecule has 140 valence electrons. The van der Waals surface area contributed by atoms with Gasteiger partial charge in [0.2, 0.25) is 5.43 Å². The van der Waals surface area contributed by atoms with Crippen LogP contribution in [0.4, 0.5) is 0 Å². The summed E-state index contributed by atoms with van der Waals surface area (Å²) >= 11 is 7.38. The first kappa shape index (κ1) is 17.8. The fourth-order valence-corrected chi connectivity index (χ4v) is 4.53. The molecule has 0 spiro atoms. The van der Waals surface area contributed by atoms with E-state index in [-0.39, 0.29) is 16.4 Å². The summed E-state index contributed by atoms with van der Waals surface area (Å²) in [5.41, 5.74) is 0.705. The second kappa shape index (κ2) is 6.95. The molecule has 6 heteroatoms. The van der Waals surface area contributed by atoms with Crippen LogP contribution in [0.5, 0.6) is 0 Å². The zero-order valence-corrected chi connectivity index (χ0v) is 16.6. The minimum absolute atomic E-state index is 0.100. The molecule has 2 aromatic heterocycles. The van der Waals surface area contributed by atoms with E-state index in [2.05, 4.69) is 0 Å². The molecular weight excluding hydrogens is 404 g/mol. The minimum Gasteiger partial charge on any atom is -0.288 e. The Morgan fingerprint density at radius 3 is 2.28 bits per heavy atom. The summed E-state index contributed by atoms with van der Waals surface area (Å²) in [6, 6.07) is 23.7. The summed E-state index contributed by atoms with van der Waals surface area (Å²) in [6.45, 7) is 0. The molecule has 0 saturated carbocycles. The predicted molar refractivity (Wildman–Crippen MR) is 119 cm³/mol. The molecule has 0 bridgehead atoms. The lowest BCUT2D eigenvalue weighted by Gasteiger charge is -2.14. The van der Waals surface area contributed by atoms with Gasteiger partial charge in [-0.15, -0.1) is 11.3 Å². The Morgan fingerprint density at radius 1 is 0.828 bits per heavy atom. The highest BCUT2D eigenvalue weighted by atomic mass is 35.5. The van der Waals surface area contributed by atoms with Gasteiger partial charge in [0, 0.05) is 20.7 Å². The Kier molecular flexibility index (Phi) is 4.27. The quantitative estimate of drug-likeness (QED) is 0.368. The summed E-state index contributed by atoms with van der Waals surface area (Å²) in [6.07, 6.45) is 0. The first-order chi connectivity index (χ1) is 14.1. The molecule has 0 atom stereocenters. The van der Waals surface area contributed by atoms with Crippen molar-refractivity contribution in [2.45, 2.75) is 0 Å². The molecule has 0 amide bonds. The highest BCUT2D eigenvalue weighted by Gasteiger charge is 2.18. The van der Waals surface area contributed by atoms with Gasteiger partial charge in [-0.3, -0.25) is 14.2 Å². The second-order valence-electron chi connectivity index (χ2n) is 6.53. The molecular formula is C23H13ClN2O2S. The van der Waals surface area contributed by atoms with Crippen LogP contribution in [0.15, 0.2) is 88.5 Å². The summed E-state index contributed by atoms with van der Waals surface area (Å²) in [5, 5.41) is 1.19. The molecule has 0 radical (unpaired) electrons. The predicted octanol–water partition coefficient (Wildman–Crippen LogP) is 5.28. The first-order valence-corrected chi connectivity index (χ1v) is 10.1. The van der Waals surface area contributed by atoms with E-state index in [1.165, 1.54) is 15.9 Å². The van der Waals surface area contributed by atoms with Gasteiger partial charge in [-0.1, -0.05) is 54.1 Å². The van der Waals surface area contributed by atoms with Gasteiger partial charge < -0.3 is 0 Å². The standard InChI is InChI=1S/C23H13ClN2O2S/c24-15-10-12-16(13-11-15)26-21(14-6-2-1-3-7-14)25-22-19(23(26)28)20(27)17-8-4-5-9-18(17)29-22/h1-13H. The van der Waals surface area contributed by atoms with E-state index in [0.29, 0.717) is 26.8 Å². The average Bonchev–Trinajstić information content (AvgIpc) is 2.75. The van der Waals surface area contributed by atoms with Crippen molar-refractivity contribution in [3.8, 4) is 17.1 Å². The molecule has 29 heavy (non-hydrogen) atoms. The largest absolute Gasteiger partial charge is 0.288 e. The van der Waals surface area contributed by atoms with E-state index < -0.39 is 0 Å². The van der Waals surface area contributed by atoms with Crippen LogP contribution in [-0.2, 0) is 0 Å². The van der Waals surface area contributed by atoms with Crippen molar-refractivity contribution in [1.82, 2.24) is 9.55 Å². The van der Waals surface area contributed by atoms with Crippen molar-refractivity contribution in [3.05, 3.63) is 104 Å². The van der Waals surface area contributed by atoms with Crippen LogP contribution in [0.2, 0.25) is 5.02 Å². The molecule has 2 heterocycles. The Balaban J connectivity index is 1.97. The molecule has 0 aliphatic heterocycles. The molecule has 5 aromatic rings. The van der Waals surface area contributed by atoms with Gasteiger partial charge in [-0.25, -0.2) is 4.98 Å². The number of hydrogen-bond acceptors (Lipinski definition) is 4. The summed E-state index contributed by atoms with van der Waals surface area (Å²) in [4.78, 5) is 31.9. The van der Waals surface area contributed by atoms with Crippen molar-refractivity contribution >= 4 is 43.2 Å². The van der Waals surface area contributed by atoms with Gasteiger partial charge in [0.1, 0.15) is 16.0 Å². The molecule has 0 aliphatic rings. The highest BCUT2D eigenvalue weighted by molar-refractivity contribution is 7.24. The van der Waals surface area contributed by atoms with Crippen molar-refractivity contribution in [3.63, 3.8) is 0 Å². The van der Waals surface area contributed by atoms with Crippen molar-refractivity contribution < 1.29 is 0 Å². The smallest absolute Gasteiger partial charge is 0.271 e. The molecule has 0 unspecified atom stereocenters. The van der Waals surface area contributed by atoms with Crippen molar-refractivity contribution in [2.24, 2.45) is 0 Å². The lowest BCUT2D eigenvalue weighted by atomic mass is 10.1.